The molecule has 0 aliphatic rings. The van der Waals surface area contributed by atoms with Crippen molar-refractivity contribution in [1.82, 2.24) is 4.90 Å². The minimum Gasteiger partial charge on any atom is -0.479 e. The lowest BCUT2D eigenvalue weighted by atomic mass is 10.3. The highest BCUT2D eigenvalue weighted by Crippen LogP contribution is 1.99. The number of carbonyl (C=O) groups excluding carboxylic acids is 1. The van der Waals surface area contributed by atoms with Crippen molar-refractivity contribution in [2.45, 2.75) is 26.9 Å². The van der Waals surface area contributed by atoms with Crippen LogP contribution in [0.15, 0.2) is 12.2 Å². The lowest BCUT2D eigenvalue weighted by molar-refractivity contribution is -0.152. The second-order valence-corrected chi connectivity index (χ2v) is 3.66. The molecule has 0 heterocycles. The molecule has 5 nitrogen and oxygen atoms in total. The third-order valence-electron chi connectivity index (χ3n) is 2.00. The van der Waals surface area contributed by atoms with Crippen molar-refractivity contribution in [3.63, 3.8) is 0 Å². The van der Waals surface area contributed by atoms with Crippen molar-refractivity contribution in [1.29, 1.82) is 0 Å². The molecule has 5 heteroatoms. The van der Waals surface area contributed by atoms with Gasteiger partial charge in [0.2, 0.25) is 5.91 Å². The second-order valence-electron chi connectivity index (χ2n) is 3.66. The molecule has 0 aromatic rings. The van der Waals surface area contributed by atoms with Gasteiger partial charge in [-0.15, -0.1) is 0 Å². The molecule has 16 heavy (non-hydrogen) atoms. The summed E-state index contributed by atoms with van der Waals surface area (Å²) in [5.41, 5.74) is 0.876. The Balaban J connectivity index is 4.12. The van der Waals surface area contributed by atoms with Crippen LogP contribution in [0, 0.1) is 0 Å². The Hall–Kier alpha value is -1.36. The van der Waals surface area contributed by atoms with Crippen LogP contribution in [0.25, 0.3) is 0 Å². The number of carboxylic acids is 1. The van der Waals surface area contributed by atoms with E-state index in [1.807, 2.05) is 13.8 Å². The number of carbonyl (C=O) groups is 2. The van der Waals surface area contributed by atoms with Gasteiger partial charge < -0.3 is 14.7 Å². The summed E-state index contributed by atoms with van der Waals surface area (Å²) in [7, 11) is 0. The van der Waals surface area contributed by atoms with E-state index in [0.717, 1.165) is 5.57 Å². The molecule has 0 bridgehead atoms. The van der Waals surface area contributed by atoms with Crippen molar-refractivity contribution in [3.8, 4) is 0 Å². The van der Waals surface area contributed by atoms with E-state index in [0.29, 0.717) is 13.1 Å². The van der Waals surface area contributed by atoms with Crippen molar-refractivity contribution < 1.29 is 19.4 Å². The van der Waals surface area contributed by atoms with Crippen LogP contribution in [0.5, 0.6) is 0 Å². The average Bonchev–Trinajstić information content (AvgIpc) is 2.21. The monoisotopic (exact) mass is 229 g/mol. The van der Waals surface area contributed by atoms with Gasteiger partial charge >= 0.3 is 5.97 Å². The van der Waals surface area contributed by atoms with Gasteiger partial charge in [0.05, 0.1) is 0 Å². The first-order valence-corrected chi connectivity index (χ1v) is 5.15. The Bertz CT molecular complexity index is 275. The Morgan fingerprint density at radius 2 is 2.06 bits per heavy atom. The van der Waals surface area contributed by atoms with Crippen molar-refractivity contribution >= 4 is 11.9 Å². The Morgan fingerprint density at radius 1 is 1.50 bits per heavy atom. The zero-order valence-electron chi connectivity index (χ0n) is 10.0. The molecule has 0 aromatic carbocycles. The van der Waals surface area contributed by atoms with Gasteiger partial charge in [0, 0.05) is 13.1 Å². The number of likely N-dealkylation sites (N-methyl/N-ethyl adjacent to an activating group) is 1. The van der Waals surface area contributed by atoms with Crippen molar-refractivity contribution in [2.24, 2.45) is 0 Å². The van der Waals surface area contributed by atoms with Gasteiger partial charge in [-0.25, -0.2) is 4.79 Å². The fourth-order valence-corrected chi connectivity index (χ4v) is 1.06. The normalized spacial score (nSPS) is 11.9. The minimum absolute atomic E-state index is 0.214. The maximum absolute atomic E-state index is 11.6. The molecule has 1 N–H and O–H groups in total. The van der Waals surface area contributed by atoms with Gasteiger partial charge in [0.25, 0.3) is 0 Å². The van der Waals surface area contributed by atoms with Crippen molar-refractivity contribution in [2.75, 3.05) is 19.7 Å². The topological polar surface area (TPSA) is 66.8 Å². The molecule has 1 atom stereocenters. The summed E-state index contributed by atoms with van der Waals surface area (Å²) in [4.78, 5) is 23.6. The van der Waals surface area contributed by atoms with Crippen LogP contribution in [-0.2, 0) is 14.3 Å². The number of carboxylic acid groups (broad SMARTS) is 1. The molecule has 0 rings (SSSR count). The van der Waals surface area contributed by atoms with E-state index in [4.69, 9.17) is 9.84 Å². The lowest BCUT2D eigenvalue weighted by Crippen LogP contribution is -2.36. The van der Waals surface area contributed by atoms with E-state index in [1.54, 1.807) is 4.90 Å². The third-order valence-corrected chi connectivity index (χ3v) is 2.00. The first-order valence-electron chi connectivity index (χ1n) is 5.15. The van der Waals surface area contributed by atoms with Crippen LogP contribution in [0.2, 0.25) is 0 Å². The van der Waals surface area contributed by atoms with Crippen molar-refractivity contribution in [3.05, 3.63) is 12.2 Å². The van der Waals surface area contributed by atoms with Gasteiger partial charge in [0.1, 0.15) is 6.61 Å². The van der Waals surface area contributed by atoms with Crippen LogP contribution >= 0.6 is 0 Å². The number of hydrogen-bond acceptors (Lipinski definition) is 3. The number of ether oxygens (including phenoxy) is 1. The summed E-state index contributed by atoms with van der Waals surface area (Å²) >= 11 is 0. The largest absolute Gasteiger partial charge is 0.479 e. The Kier molecular flexibility index (Phi) is 6.41. The summed E-state index contributed by atoms with van der Waals surface area (Å²) in [6.07, 6.45) is -0.965. The van der Waals surface area contributed by atoms with E-state index in [-0.39, 0.29) is 12.5 Å². The summed E-state index contributed by atoms with van der Waals surface area (Å²) in [6.45, 7) is 9.60. The van der Waals surface area contributed by atoms with Crippen LogP contribution in [0.3, 0.4) is 0 Å². The molecule has 0 spiro atoms. The molecule has 92 valence electrons. The predicted octanol–water partition coefficient (Wildman–Crippen LogP) is 0.901. The average molecular weight is 229 g/mol. The molecular formula is C11H19NO4. The molecule has 0 unspecified atom stereocenters. The van der Waals surface area contributed by atoms with E-state index in [2.05, 4.69) is 6.58 Å². The van der Waals surface area contributed by atoms with E-state index >= 15 is 0 Å². The van der Waals surface area contributed by atoms with Crippen LogP contribution < -0.4 is 0 Å². The standard InChI is InChI=1S/C11H19NO4/c1-5-12(6-8(2)3)10(13)7-16-9(4)11(14)15/h9H,2,5-7H2,1,3-4H3,(H,14,15)/t9-/m0/s1. The quantitative estimate of drug-likeness (QED) is 0.659. The number of nitrogens with zero attached hydrogens (tertiary/aromatic N) is 1. The van der Waals surface area contributed by atoms with E-state index in [9.17, 15) is 9.59 Å². The number of amides is 1. The molecule has 0 saturated carbocycles. The maximum Gasteiger partial charge on any atom is 0.332 e. The molecule has 0 aliphatic heterocycles. The molecule has 1 amide bonds. The molecule has 0 radical (unpaired) electrons. The summed E-state index contributed by atoms with van der Waals surface area (Å²) in [5, 5.41) is 8.57. The number of aliphatic carboxylic acids is 1. The first-order chi connectivity index (χ1) is 7.38. The maximum atomic E-state index is 11.6. The van der Waals surface area contributed by atoms with Crippen LogP contribution in [-0.4, -0.2) is 47.7 Å². The molecule has 0 saturated heterocycles. The number of hydrogen-bond donors (Lipinski definition) is 1. The smallest absolute Gasteiger partial charge is 0.332 e. The van der Waals surface area contributed by atoms with Gasteiger partial charge in [-0.2, -0.15) is 0 Å². The lowest BCUT2D eigenvalue weighted by Gasteiger charge is -2.21. The highest BCUT2D eigenvalue weighted by Gasteiger charge is 2.16. The van der Waals surface area contributed by atoms with E-state index < -0.39 is 12.1 Å². The van der Waals surface area contributed by atoms with Gasteiger partial charge in [-0.3, -0.25) is 4.79 Å². The molecule has 0 aliphatic carbocycles. The van der Waals surface area contributed by atoms with Gasteiger partial charge in [-0.1, -0.05) is 12.2 Å². The second kappa shape index (κ2) is 7.00. The summed E-state index contributed by atoms with van der Waals surface area (Å²) in [5.74, 6) is -1.30. The van der Waals surface area contributed by atoms with E-state index in [1.165, 1.54) is 6.92 Å². The summed E-state index contributed by atoms with van der Waals surface area (Å²) in [6, 6.07) is 0. The predicted molar refractivity (Wildman–Crippen MR) is 60.1 cm³/mol. The summed E-state index contributed by atoms with van der Waals surface area (Å²) < 4.78 is 4.91. The van der Waals surface area contributed by atoms with Gasteiger partial charge in [0.15, 0.2) is 6.10 Å². The minimum atomic E-state index is -1.07. The Morgan fingerprint density at radius 3 is 2.44 bits per heavy atom. The number of rotatable bonds is 7. The molecule has 0 fully saturated rings. The zero-order valence-corrected chi connectivity index (χ0v) is 10.0. The fraction of sp³-hybridized carbons (Fsp3) is 0.636. The fourth-order valence-electron chi connectivity index (χ4n) is 1.06. The SMILES string of the molecule is C=C(C)CN(CC)C(=O)CO[C@@H](C)C(=O)O. The molecule has 0 aromatic heterocycles. The highest BCUT2D eigenvalue weighted by molar-refractivity contribution is 5.78. The van der Waals surface area contributed by atoms with Crippen LogP contribution in [0.1, 0.15) is 20.8 Å². The first kappa shape index (κ1) is 14.6. The van der Waals surface area contributed by atoms with Gasteiger partial charge in [-0.05, 0) is 20.8 Å². The third kappa shape index (κ3) is 5.50. The highest BCUT2D eigenvalue weighted by atomic mass is 16.5. The molecular weight excluding hydrogens is 210 g/mol. The van der Waals surface area contributed by atoms with Crippen LogP contribution in [0.4, 0.5) is 0 Å². The Labute approximate surface area is 95.7 Å². The zero-order chi connectivity index (χ0) is 12.7.